The Morgan fingerprint density at radius 1 is 1.29 bits per heavy atom. The first kappa shape index (κ1) is 18.0. The molecular formula is C18H26N4O2. The number of anilines is 1. The Balaban J connectivity index is 2.08. The third-order valence-electron chi connectivity index (χ3n) is 3.85. The SMILES string of the molecule is Cc1cc(NC(=O)N[C@H](CO)C(C)(C)C)n(Cc2ccccc2)n1. The van der Waals surface area contributed by atoms with Crippen molar-refractivity contribution in [2.45, 2.75) is 40.3 Å². The molecule has 0 unspecified atom stereocenters. The number of hydrogen-bond acceptors (Lipinski definition) is 3. The summed E-state index contributed by atoms with van der Waals surface area (Å²) in [4.78, 5) is 12.3. The minimum Gasteiger partial charge on any atom is -0.394 e. The lowest BCUT2D eigenvalue weighted by molar-refractivity contribution is 0.162. The maximum Gasteiger partial charge on any atom is 0.320 e. The van der Waals surface area contributed by atoms with E-state index in [4.69, 9.17) is 0 Å². The zero-order valence-corrected chi connectivity index (χ0v) is 14.7. The zero-order chi connectivity index (χ0) is 17.7. The molecule has 0 saturated heterocycles. The lowest BCUT2D eigenvalue weighted by Gasteiger charge is -2.29. The number of nitrogens with one attached hydrogen (secondary N) is 2. The second-order valence-corrected chi connectivity index (χ2v) is 7.01. The number of aromatic nitrogens is 2. The number of urea groups is 1. The quantitative estimate of drug-likeness (QED) is 0.789. The number of carbonyl (C=O) groups excluding carboxylic acids is 1. The molecule has 130 valence electrons. The van der Waals surface area contributed by atoms with E-state index >= 15 is 0 Å². The molecular weight excluding hydrogens is 304 g/mol. The molecule has 0 bridgehead atoms. The van der Waals surface area contributed by atoms with E-state index in [9.17, 15) is 9.90 Å². The highest BCUT2D eigenvalue weighted by Crippen LogP contribution is 2.19. The third-order valence-corrected chi connectivity index (χ3v) is 3.85. The lowest BCUT2D eigenvalue weighted by Crippen LogP contribution is -2.47. The van der Waals surface area contributed by atoms with Crippen LogP contribution in [0, 0.1) is 12.3 Å². The van der Waals surface area contributed by atoms with Crippen LogP contribution in [-0.4, -0.2) is 33.6 Å². The molecule has 0 aliphatic carbocycles. The largest absolute Gasteiger partial charge is 0.394 e. The highest BCUT2D eigenvalue weighted by Gasteiger charge is 2.25. The molecule has 1 atom stereocenters. The van der Waals surface area contributed by atoms with Crippen molar-refractivity contribution in [3.05, 3.63) is 47.7 Å². The number of hydrogen-bond donors (Lipinski definition) is 3. The molecule has 24 heavy (non-hydrogen) atoms. The fourth-order valence-corrected chi connectivity index (χ4v) is 2.37. The summed E-state index contributed by atoms with van der Waals surface area (Å²) in [7, 11) is 0. The van der Waals surface area contributed by atoms with Crippen LogP contribution in [0.3, 0.4) is 0 Å². The molecule has 1 aromatic carbocycles. The van der Waals surface area contributed by atoms with Crippen molar-refractivity contribution < 1.29 is 9.90 Å². The highest BCUT2D eigenvalue weighted by atomic mass is 16.3. The van der Waals surface area contributed by atoms with Gasteiger partial charge in [-0.15, -0.1) is 0 Å². The summed E-state index contributed by atoms with van der Waals surface area (Å²) in [5, 5.41) is 19.5. The average molecular weight is 330 g/mol. The number of carbonyl (C=O) groups is 1. The molecule has 2 amide bonds. The molecule has 0 aliphatic heterocycles. The molecule has 1 aromatic heterocycles. The molecule has 3 N–H and O–H groups in total. The van der Waals surface area contributed by atoms with Gasteiger partial charge in [-0.3, -0.25) is 5.32 Å². The van der Waals surface area contributed by atoms with Crippen LogP contribution in [0.25, 0.3) is 0 Å². The summed E-state index contributed by atoms with van der Waals surface area (Å²) in [6.45, 7) is 8.26. The predicted octanol–water partition coefficient (Wildman–Crippen LogP) is 2.77. The van der Waals surface area contributed by atoms with Gasteiger partial charge < -0.3 is 10.4 Å². The minimum atomic E-state index is -0.349. The molecule has 0 fully saturated rings. The summed E-state index contributed by atoms with van der Waals surface area (Å²) in [6.07, 6.45) is 0. The summed E-state index contributed by atoms with van der Waals surface area (Å²) < 4.78 is 1.76. The minimum absolute atomic E-state index is 0.112. The number of aliphatic hydroxyl groups is 1. The Bertz CT molecular complexity index is 674. The van der Waals surface area contributed by atoms with E-state index in [-0.39, 0.29) is 24.1 Å². The van der Waals surface area contributed by atoms with Crippen molar-refractivity contribution in [2.75, 3.05) is 11.9 Å². The number of aliphatic hydroxyl groups excluding tert-OH is 1. The molecule has 2 rings (SSSR count). The zero-order valence-electron chi connectivity index (χ0n) is 14.7. The third kappa shape index (κ3) is 4.83. The smallest absolute Gasteiger partial charge is 0.320 e. The van der Waals surface area contributed by atoms with E-state index < -0.39 is 0 Å². The van der Waals surface area contributed by atoms with Crippen LogP contribution < -0.4 is 10.6 Å². The first-order valence-electron chi connectivity index (χ1n) is 8.06. The number of aryl methyl sites for hydroxylation is 1. The van der Waals surface area contributed by atoms with Gasteiger partial charge in [-0.2, -0.15) is 5.10 Å². The van der Waals surface area contributed by atoms with E-state index in [0.29, 0.717) is 12.4 Å². The van der Waals surface area contributed by atoms with Gasteiger partial charge in [0.2, 0.25) is 0 Å². The molecule has 6 heteroatoms. The van der Waals surface area contributed by atoms with Crippen LogP contribution in [0.1, 0.15) is 32.0 Å². The monoisotopic (exact) mass is 330 g/mol. The number of benzene rings is 1. The summed E-state index contributed by atoms with van der Waals surface area (Å²) in [5.74, 6) is 0.624. The Morgan fingerprint density at radius 2 is 1.96 bits per heavy atom. The van der Waals surface area contributed by atoms with E-state index in [1.165, 1.54) is 0 Å². The summed E-state index contributed by atoms with van der Waals surface area (Å²) >= 11 is 0. The Hall–Kier alpha value is -2.34. The Morgan fingerprint density at radius 3 is 2.54 bits per heavy atom. The van der Waals surface area contributed by atoms with Gasteiger partial charge >= 0.3 is 6.03 Å². The van der Waals surface area contributed by atoms with Crippen molar-refractivity contribution in [1.82, 2.24) is 15.1 Å². The van der Waals surface area contributed by atoms with Gasteiger partial charge in [-0.25, -0.2) is 9.48 Å². The summed E-state index contributed by atoms with van der Waals surface area (Å²) in [5.41, 5.74) is 1.70. The fraction of sp³-hybridized carbons (Fsp3) is 0.444. The van der Waals surface area contributed by atoms with Gasteiger partial charge in [0.25, 0.3) is 0 Å². The summed E-state index contributed by atoms with van der Waals surface area (Å²) in [6, 6.07) is 11.1. The van der Waals surface area contributed by atoms with Gasteiger partial charge in [-0.05, 0) is 17.9 Å². The van der Waals surface area contributed by atoms with Crippen LogP contribution in [0.5, 0.6) is 0 Å². The van der Waals surface area contributed by atoms with E-state index in [1.54, 1.807) is 4.68 Å². The normalized spacial score (nSPS) is 12.7. The average Bonchev–Trinajstić information content (AvgIpc) is 2.84. The van der Waals surface area contributed by atoms with Gasteiger partial charge in [0.05, 0.1) is 24.9 Å². The Kier molecular flexibility index (Phi) is 5.62. The van der Waals surface area contributed by atoms with Gasteiger partial charge in [0, 0.05) is 6.07 Å². The van der Waals surface area contributed by atoms with Crippen molar-refractivity contribution in [3.8, 4) is 0 Å². The van der Waals surface area contributed by atoms with E-state index in [0.717, 1.165) is 11.3 Å². The van der Waals surface area contributed by atoms with Crippen LogP contribution in [0.2, 0.25) is 0 Å². The van der Waals surface area contributed by atoms with Crippen LogP contribution in [0.15, 0.2) is 36.4 Å². The molecule has 0 spiro atoms. The molecule has 0 radical (unpaired) electrons. The Labute approximate surface area is 142 Å². The van der Waals surface area contributed by atoms with Crippen LogP contribution in [0.4, 0.5) is 10.6 Å². The van der Waals surface area contributed by atoms with Crippen LogP contribution in [-0.2, 0) is 6.54 Å². The molecule has 1 heterocycles. The van der Waals surface area contributed by atoms with Crippen molar-refractivity contribution >= 4 is 11.8 Å². The molecule has 0 saturated carbocycles. The first-order chi connectivity index (χ1) is 11.3. The maximum absolute atomic E-state index is 12.3. The van der Waals surface area contributed by atoms with Gasteiger partial charge in [0.1, 0.15) is 5.82 Å². The number of rotatable bonds is 5. The number of nitrogens with zero attached hydrogens (tertiary/aromatic N) is 2. The second-order valence-electron chi connectivity index (χ2n) is 7.01. The topological polar surface area (TPSA) is 79.2 Å². The van der Waals surface area contributed by atoms with Crippen molar-refractivity contribution in [1.29, 1.82) is 0 Å². The highest BCUT2D eigenvalue weighted by molar-refractivity contribution is 5.88. The molecule has 2 aromatic rings. The van der Waals surface area contributed by atoms with Crippen LogP contribution >= 0.6 is 0 Å². The maximum atomic E-state index is 12.3. The fourth-order valence-electron chi connectivity index (χ4n) is 2.37. The number of amides is 2. The predicted molar refractivity (Wildman–Crippen MR) is 95.0 cm³/mol. The molecule has 6 nitrogen and oxygen atoms in total. The molecule has 0 aliphatic rings. The first-order valence-corrected chi connectivity index (χ1v) is 8.06. The standard InChI is InChI=1S/C18H26N4O2/c1-13-10-16(20-17(24)19-15(12-23)18(2,3)4)22(21-13)11-14-8-6-5-7-9-14/h5-10,15,23H,11-12H2,1-4H3,(H2,19,20,24)/t15-/m1/s1. The van der Waals surface area contributed by atoms with Gasteiger partial charge in [-0.1, -0.05) is 51.1 Å². The van der Waals surface area contributed by atoms with Crippen molar-refractivity contribution in [2.24, 2.45) is 5.41 Å². The van der Waals surface area contributed by atoms with Crippen molar-refractivity contribution in [3.63, 3.8) is 0 Å². The van der Waals surface area contributed by atoms with E-state index in [2.05, 4.69) is 15.7 Å². The van der Waals surface area contributed by atoms with Gasteiger partial charge in [0.15, 0.2) is 0 Å². The van der Waals surface area contributed by atoms with E-state index in [1.807, 2.05) is 64.1 Å². The lowest BCUT2D eigenvalue weighted by atomic mass is 9.87. The second kappa shape index (κ2) is 7.49.